The van der Waals surface area contributed by atoms with E-state index in [-0.39, 0.29) is 4.24 Å². The fourth-order valence-corrected chi connectivity index (χ4v) is 3.21. The van der Waals surface area contributed by atoms with Gasteiger partial charge in [0.05, 0.1) is 12.0 Å². The minimum Gasteiger partial charge on any atom is -0.481 e. The zero-order chi connectivity index (χ0) is 12.8. The Balaban J connectivity index is 5.17. The lowest BCUT2D eigenvalue weighted by Crippen LogP contribution is -2.16. The van der Waals surface area contributed by atoms with Crippen molar-refractivity contribution in [2.75, 3.05) is 11.5 Å². The van der Waals surface area contributed by atoms with Gasteiger partial charge in [0, 0.05) is 4.24 Å². The molecular weight excluding hydrogens is 261 g/mol. The fourth-order valence-electron chi connectivity index (χ4n) is 0.917. The molecule has 0 bridgehead atoms. The van der Waals surface area contributed by atoms with Crippen LogP contribution in [-0.2, 0) is 4.79 Å². The minimum absolute atomic E-state index is 0.0694. The molecule has 0 aromatic rings. The normalized spacial score (nSPS) is 11.3. The summed E-state index contributed by atoms with van der Waals surface area (Å²) in [5, 5.41) is 8.48. The summed E-state index contributed by atoms with van der Waals surface area (Å²) in [7, 11) is 0. The first-order valence-corrected chi connectivity index (χ1v) is 6.57. The van der Waals surface area contributed by atoms with E-state index >= 15 is 0 Å². The molecule has 0 atom stereocenters. The molecule has 7 heteroatoms. The van der Waals surface area contributed by atoms with Gasteiger partial charge in [-0.3, -0.25) is 4.79 Å². The third kappa shape index (κ3) is 5.69. The monoisotopic (exact) mass is 274 g/mol. The van der Waals surface area contributed by atoms with Crippen LogP contribution in [0.25, 0.3) is 0 Å². The van der Waals surface area contributed by atoms with Crippen molar-refractivity contribution in [3.05, 3.63) is 9.81 Å². The summed E-state index contributed by atoms with van der Waals surface area (Å²) in [4.78, 5) is 10.4. The smallest absolute Gasteiger partial charge is 0.414 e. The van der Waals surface area contributed by atoms with E-state index in [1.165, 1.54) is 0 Å². The summed E-state index contributed by atoms with van der Waals surface area (Å²) in [5.74, 6) is -0.485. The molecule has 0 amide bonds. The van der Waals surface area contributed by atoms with Gasteiger partial charge in [0.15, 0.2) is 0 Å². The molecule has 0 aliphatic heterocycles. The number of aliphatic carboxylic acids is 1. The Morgan fingerprint density at radius 3 is 1.88 bits per heavy atom. The van der Waals surface area contributed by atoms with E-state index in [1.807, 2.05) is 0 Å². The van der Waals surface area contributed by atoms with Crippen LogP contribution in [0.4, 0.5) is 13.2 Å². The molecule has 16 heavy (non-hydrogen) atoms. The van der Waals surface area contributed by atoms with Gasteiger partial charge < -0.3 is 5.11 Å². The summed E-state index contributed by atoms with van der Waals surface area (Å²) < 4.78 is 38.0. The Morgan fingerprint density at radius 1 is 1.19 bits per heavy atom. The standard InChI is InChI=1S/C9H13F3O2S2/c1-3-15-8(16-4-2)6(5-7(13)14)9(10,11)12/h3-5H2,1-2H3,(H,13,14). The molecule has 0 saturated heterocycles. The van der Waals surface area contributed by atoms with Crippen LogP contribution < -0.4 is 0 Å². The maximum absolute atomic E-state index is 12.6. The summed E-state index contributed by atoms with van der Waals surface area (Å²) in [6, 6.07) is 0. The van der Waals surface area contributed by atoms with E-state index in [0.717, 1.165) is 23.5 Å². The van der Waals surface area contributed by atoms with E-state index in [1.54, 1.807) is 13.8 Å². The number of hydrogen-bond acceptors (Lipinski definition) is 3. The predicted octanol–water partition coefficient (Wildman–Crippen LogP) is 3.74. The molecule has 0 aliphatic rings. The van der Waals surface area contributed by atoms with Crippen molar-refractivity contribution < 1.29 is 23.1 Å². The third-order valence-electron chi connectivity index (χ3n) is 1.47. The quantitative estimate of drug-likeness (QED) is 0.800. The molecule has 0 rings (SSSR count). The second kappa shape index (κ2) is 7.11. The largest absolute Gasteiger partial charge is 0.481 e. The first-order chi connectivity index (χ1) is 7.32. The Hall–Kier alpha value is -0.300. The van der Waals surface area contributed by atoms with Crippen molar-refractivity contribution in [1.82, 2.24) is 0 Å². The highest BCUT2D eigenvalue weighted by Crippen LogP contribution is 2.40. The molecule has 0 saturated carbocycles. The number of thioether (sulfide) groups is 2. The highest BCUT2D eigenvalue weighted by molar-refractivity contribution is 8.22. The van der Waals surface area contributed by atoms with Gasteiger partial charge in [-0.05, 0) is 11.5 Å². The van der Waals surface area contributed by atoms with Crippen LogP contribution >= 0.6 is 23.5 Å². The number of halogens is 3. The van der Waals surface area contributed by atoms with E-state index in [2.05, 4.69) is 0 Å². The van der Waals surface area contributed by atoms with Crippen molar-refractivity contribution in [2.45, 2.75) is 26.4 Å². The Labute approximate surface area is 101 Å². The third-order valence-corrected chi connectivity index (χ3v) is 3.77. The number of alkyl halides is 3. The molecule has 0 aliphatic carbocycles. The van der Waals surface area contributed by atoms with E-state index in [4.69, 9.17) is 5.11 Å². The number of hydrogen-bond donors (Lipinski definition) is 1. The average Bonchev–Trinajstić information content (AvgIpc) is 2.12. The molecule has 2 nitrogen and oxygen atoms in total. The van der Waals surface area contributed by atoms with Gasteiger partial charge in [0.2, 0.25) is 0 Å². The maximum atomic E-state index is 12.6. The molecule has 0 fully saturated rings. The van der Waals surface area contributed by atoms with Crippen LogP contribution in [0.15, 0.2) is 9.81 Å². The lowest BCUT2D eigenvalue weighted by molar-refractivity contribution is -0.139. The molecule has 0 heterocycles. The first-order valence-electron chi connectivity index (χ1n) is 4.60. The predicted molar refractivity (Wildman–Crippen MR) is 61.6 cm³/mol. The second-order valence-corrected chi connectivity index (χ2v) is 5.51. The van der Waals surface area contributed by atoms with Crippen molar-refractivity contribution in [2.24, 2.45) is 0 Å². The van der Waals surface area contributed by atoms with Crippen LogP contribution in [0, 0.1) is 0 Å². The van der Waals surface area contributed by atoms with Crippen LogP contribution in [0.2, 0.25) is 0 Å². The SMILES string of the molecule is CCSC(SCC)=C(CC(=O)O)C(F)(F)F. The van der Waals surface area contributed by atoms with Crippen LogP contribution in [-0.4, -0.2) is 28.8 Å². The number of carboxylic acids is 1. The minimum atomic E-state index is -4.57. The topological polar surface area (TPSA) is 37.3 Å². The van der Waals surface area contributed by atoms with Crippen LogP contribution in [0.5, 0.6) is 0 Å². The number of carboxylic acid groups (broad SMARTS) is 1. The van der Waals surface area contributed by atoms with Gasteiger partial charge >= 0.3 is 12.1 Å². The van der Waals surface area contributed by atoms with Gasteiger partial charge in [0.1, 0.15) is 0 Å². The Morgan fingerprint density at radius 2 is 1.62 bits per heavy atom. The summed E-state index contributed by atoms with van der Waals surface area (Å²) >= 11 is 2.07. The van der Waals surface area contributed by atoms with E-state index in [9.17, 15) is 18.0 Å². The summed E-state index contributed by atoms with van der Waals surface area (Å²) in [5.41, 5.74) is -0.946. The van der Waals surface area contributed by atoms with Crippen LogP contribution in [0.1, 0.15) is 20.3 Å². The molecule has 0 aromatic carbocycles. The Bertz CT molecular complexity index is 266. The second-order valence-electron chi connectivity index (χ2n) is 2.70. The molecule has 1 N–H and O–H groups in total. The number of carbonyl (C=O) groups is 1. The van der Waals surface area contributed by atoms with Crippen molar-refractivity contribution in [3.63, 3.8) is 0 Å². The van der Waals surface area contributed by atoms with Crippen molar-refractivity contribution >= 4 is 29.5 Å². The van der Waals surface area contributed by atoms with Crippen molar-refractivity contribution in [1.29, 1.82) is 0 Å². The first kappa shape index (κ1) is 15.7. The van der Waals surface area contributed by atoms with Crippen LogP contribution in [0.3, 0.4) is 0 Å². The molecule has 0 unspecified atom stereocenters. The summed E-state index contributed by atoms with van der Waals surface area (Å²) in [6.45, 7) is 3.46. The fraction of sp³-hybridized carbons (Fsp3) is 0.667. The van der Waals surface area contributed by atoms with Gasteiger partial charge in [-0.25, -0.2) is 0 Å². The van der Waals surface area contributed by atoms with E-state index in [0.29, 0.717) is 11.5 Å². The maximum Gasteiger partial charge on any atom is 0.414 e. The summed E-state index contributed by atoms with van der Waals surface area (Å²) in [6.07, 6.45) is -5.54. The lowest BCUT2D eigenvalue weighted by atomic mass is 10.2. The molecule has 0 aromatic heterocycles. The number of rotatable bonds is 6. The highest BCUT2D eigenvalue weighted by Gasteiger charge is 2.37. The molecule has 0 radical (unpaired) electrons. The van der Waals surface area contributed by atoms with E-state index < -0.39 is 24.1 Å². The van der Waals surface area contributed by atoms with Gasteiger partial charge in [-0.2, -0.15) is 13.2 Å². The average molecular weight is 274 g/mol. The van der Waals surface area contributed by atoms with Gasteiger partial charge in [-0.15, -0.1) is 23.5 Å². The molecule has 94 valence electrons. The highest BCUT2D eigenvalue weighted by atomic mass is 32.2. The lowest BCUT2D eigenvalue weighted by Gasteiger charge is -2.15. The molecular formula is C9H13F3O2S2. The molecule has 0 spiro atoms. The zero-order valence-corrected chi connectivity index (χ0v) is 10.6. The van der Waals surface area contributed by atoms with Crippen molar-refractivity contribution in [3.8, 4) is 0 Å². The zero-order valence-electron chi connectivity index (χ0n) is 8.93. The Kier molecular flexibility index (Phi) is 6.98. The van der Waals surface area contributed by atoms with Gasteiger partial charge in [-0.1, -0.05) is 13.8 Å². The van der Waals surface area contributed by atoms with Gasteiger partial charge in [0.25, 0.3) is 0 Å².